The maximum absolute atomic E-state index is 13.1. The van der Waals surface area contributed by atoms with Crippen LogP contribution in [-0.2, 0) is 22.6 Å². The molecule has 7 rings (SSSR count). The summed E-state index contributed by atoms with van der Waals surface area (Å²) in [5.74, 6) is 0.239. The second kappa shape index (κ2) is 13.6. The number of hydrogen-bond acceptors (Lipinski definition) is 7. The lowest BCUT2D eigenvalue weighted by Crippen LogP contribution is -2.38. The van der Waals surface area contributed by atoms with E-state index < -0.39 is 6.29 Å². The van der Waals surface area contributed by atoms with Gasteiger partial charge in [0.25, 0.3) is 11.8 Å². The number of carbonyl (C=O) groups is 2. The third-order valence-electron chi connectivity index (χ3n) is 8.87. The Bertz CT molecular complexity index is 1850. The highest BCUT2D eigenvalue weighted by molar-refractivity contribution is 7.99. The second-order valence-electron chi connectivity index (χ2n) is 11.8. The second-order valence-corrected chi connectivity index (χ2v) is 12.9. The highest BCUT2D eigenvalue weighted by Gasteiger charge is 2.39. The zero-order valence-corrected chi connectivity index (χ0v) is 26.7. The van der Waals surface area contributed by atoms with Crippen molar-refractivity contribution >= 4 is 23.6 Å². The molecule has 236 valence electrons. The van der Waals surface area contributed by atoms with E-state index in [1.807, 2.05) is 91.0 Å². The molecule has 2 aliphatic rings. The van der Waals surface area contributed by atoms with Gasteiger partial charge >= 0.3 is 0 Å². The lowest BCUT2D eigenvalue weighted by atomic mass is 9.91. The molecule has 0 spiro atoms. The van der Waals surface area contributed by atoms with Crippen LogP contribution in [0, 0.1) is 5.92 Å². The number of nitrogens with zero attached hydrogens (tertiary/aromatic N) is 2. The summed E-state index contributed by atoms with van der Waals surface area (Å²) < 4.78 is 13.3. The van der Waals surface area contributed by atoms with Crippen LogP contribution in [-0.4, -0.2) is 38.7 Å². The minimum atomic E-state index is -0.592. The van der Waals surface area contributed by atoms with E-state index in [0.717, 1.165) is 38.4 Å². The molecule has 2 amide bonds. The Morgan fingerprint density at radius 2 is 1.38 bits per heavy atom. The van der Waals surface area contributed by atoms with Gasteiger partial charge in [-0.05, 0) is 52.1 Å². The van der Waals surface area contributed by atoms with Crippen LogP contribution < -0.4 is 0 Å². The fourth-order valence-corrected chi connectivity index (χ4v) is 7.25. The molecule has 2 aliphatic heterocycles. The summed E-state index contributed by atoms with van der Waals surface area (Å²) in [5, 5.41) is 10.5. The Balaban J connectivity index is 1.13. The molecule has 4 atom stereocenters. The molecule has 7 nitrogen and oxygen atoms in total. The molecule has 0 aliphatic carbocycles. The number of benzene rings is 4. The Morgan fingerprint density at radius 1 is 0.745 bits per heavy atom. The van der Waals surface area contributed by atoms with Crippen molar-refractivity contribution < 1.29 is 24.2 Å². The fraction of sp³-hybridized carbons (Fsp3) is 0.205. The SMILES string of the molecule is CC1C(CSc2ccccn2)OC(c2ccc(-c3ccccc3CN3C(=O)c4ccccc4C3=O)cc2)OC1c1ccc(CO)cc1. The number of aromatic nitrogens is 1. The van der Waals surface area contributed by atoms with E-state index in [1.54, 1.807) is 42.2 Å². The smallest absolute Gasteiger partial charge is 0.261 e. The average molecular weight is 643 g/mol. The molecule has 1 aromatic heterocycles. The van der Waals surface area contributed by atoms with Crippen molar-refractivity contribution in [3.05, 3.63) is 155 Å². The fourth-order valence-electron chi connectivity index (χ4n) is 6.22. The van der Waals surface area contributed by atoms with Crippen LogP contribution >= 0.6 is 11.8 Å². The van der Waals surface area contributed by atoms with Crippen molar-refractivity contribution in [2.24, 2.45) is 5.92 Å². The van der Waals surface area contributed by atoms with E-state index in [1.165, 1.54) is 4.90 Å². The molecule has 47 heavy (non-hydrogen) atoms. The molecule has 1 fully saturated rings. The molecule has 4 aromatic carbocycles. The Morgan fingerprint density at radius 3 is 2.04 bits per heavy atom. The van der Waals surface area contributed by atoms with Crippen molar-refractivity contribution in [1.82, 2.24) is 9.88 Å². The quantitative estimate of drug-likeness (QED) is 0.131. The Hall–Kier alpha value is -4.60. The standard InChI is InChI=1S/C39H34N2O5S/c1-25-34(24-47-35-12-6-7-21-40-35)45-39(46-36(25)28-15-13-26(23-42)14-16-28)29-19-17-27(18-20-29)31-9-3-2-8-30(31)22-41-37(43)32-10-4-5-11-33(32)38(41)44/h2-21,25,34,36,39,42H,22-24H2,1H3. The first-order valence-electron chi connectivity index (χ1n) is 15.7. The first kappa shape index (κ1) is 31.0. The zero-order chi connectivity index (χ0) is 32.3. The van der Waals surface area contributed by atoms with Crippen molar-refractivity contribution in [3.63, 3.8) is 0 Å². The Kier molecular flexibility index (Phi) is 9.00. The number of fused-ring (bicyclic) bond motifs is 1. The predicted molar refractivity (Wildman–Crippen MR) is 180 cm³/mol. The van der Waals surface area contributed by atoms with Gasteiger partial charge in [0.05, 0.1) is 41.5 Å². The molecule has 3 heterocycles. The monoisotopic (exact) mass is 642 g/mol. The van der Waals surface area contributed by atoms with Crippen molar-refractivity contribution in [1.29, 1.82) is 0 Å². The van der Waals surface area contributed by atoms with E-state index >= 15 is 0 Å². The highest BCUT2D eigenvalue weighted by Crippen LogP contribution is 2.43. The van der Waals surface area contributed by atoms with Crippen LogP contribution in [0.3, 0.4) is 0 Å². The van der Waals surface area contributed by atoms with Gasteiger partial charge in [0.15, 0.2) is 6.29 Å². The van der Waals surface area contributed by atoms with E-state index in [-0.39, 0.29) is 43.1 Å². The van der Waals surface area contributed by atoms with Crippen LogP contribution in [0.15, 0.2) is 126 Å². The van der Waals surface area contributed by atoms with Gasteiger partial charge in [-0.2, -0.15) is 0 Å². The molecule has 4 unspecified atom stereocenters. The average Bonchev–Trinajstić information content (AvgIpc) is 3.37. The number of imide groups is 1. The molecule has 1 saturated heterocycles. The van der Waals surface area contributed by atoms with Crippen LogP contribution in [0.25, 0.3) is 11.1 Å². The largest absolute Gasteiger partial charge is 0.392 e. The van der Waals surface area contributed by atoms with Gasteiger partial charge in [-0.15, -0.1) is 11.8 Å². The first-order valence-corrected chi connectivity index (χ1v) is 16.7. The van der Waals surface area contributed by atoms with Gasteiger partial charge in [0.1, 0.15) is 0 Å². The van der Waals surface area contributed by atoms with Gasteiger partial charge in [-0.3, -0.25) is 14.5 Å². The third kappa shape index (κ3) is 6.38. The number of aliphatic hydroxyl groups is 1. The topological polar surface area (TPSA) is 89.0 Å². The molecule has 0 saturated carbocycles. The lowest BCUT2D eigenvalue weighted by Gasteiger charge is -2.41. The zero-order valence-electron chi connectivity index (χ0n) is 25.9. The first-order chi connectivity index (χ1) is 23.0. The van der Waals surface area contributed by atoms with E-state index in [4.69, 9.17) is 9.47 Å². The van der Waals surface area contributed by atoms with Crippen molar-refractivity contribution in [2.45, 2.75) is 43.6 Å². The maximum atomic E-state index is 13.1. The van der Waals surface area contributed by atoms with Gasteiger partial charge < -0.3 is 14.6 Å². The van der Waals surface area contributed by atoms with Crippen LogP contribution in [0.5, 0.6) is 0 Å². The normalized spacial score (nSPS) is 20.8. The number of amides is 2. The molecular formula is C39H34N2O5S. The van der Waals surface area contributed by atoms with Gasteiger partial charge in [0, 0.05) is 23.4 Å². The minimum Gasteiger partial charge on any atom is -0.392 e. The van der Waals surface area contributed by atoms with Gasteiger partial charge in [-0.25, -0.2) is 4.98 Å². The summed E-state index contributed by atoms with van der Waals surface area (Å²) in [4.78, 5) is 31.9. The summed E-state index contributed by atoms with van der Waals surface area (Å²) in [6, 6.07) is 36.7. The number of ether oxygens (including phenoxy) is 2. The van der Waals surface area contributed by atoms with E-state index in [0.29, 0.717) is 16.9 Å². The third-order valence-corrected chi connectivity index (χ3v) is 9.91. The summed E-state index contributed by atoms with van der Waals surface area (Å²) in [6.45, 7) is 2.33. The number of rotatable bonds is 9. The summed E-state index contributed by atoms with van der Waals surface area (Å²) >= 11 is 1.67. The van der Waals surface area contributed by atoms with Gasteiger partial charge in [-0.1, -0.05) is 97.9 Å². The maximum Gasteiger partial charge on any atom is 0.261 e. The van der Waals surface area contributed by atoms with E-state index in [2.05, 4.69) is 11.9 Å². The molecule has 1 N–H and O–H groups in total. The number of aliphatic hydroxyl groups excluding tert-OH is 1. The molecular weight excluding hydrogens is 609 g/mol. The molecule has 8 heteroatoms. The molecule has 0 bridgehead atoms. The van der Waals surface area contributed by atoms with Crippen LogP contribution in [0.1, 0.15) is 62.3 Å². The highest BCUT2D eigenvalue weighted by atomic mass is 32.2. The summed E-state index contributed by atoms with van der Waals surface area (Å²) in [7, 11) is 0. The number of pyridine rings is 1. The number of thioether (sulfide) groups is 1. The Labute approximate surface area is 278 Å². The molecule has 0 radical (unpaired) electrons. The minimum absolute atomic E-state index is 0.00971. The van der Waals surface area contributed by atoms with Crippen molar-refractivity contribution in [3.8, 4) is 11.1 Å². The summed E-state index contributed by atoms with van der Waals surface area (Å²) in [6.07, 6.45) is 0.884. The van der Waals surface area contributed by atoms with Crippen molar-refractivity contribution in [2.75, 3.05) is 5.75 Å². The lowest BCUT2D eigenvalue weighted by molar-refractivity contribution is -0.268. The van der Waals surface area contributed by atoms with E-state index in [9.17, 15) is 14.7 Å². The van der Waals surface area contributed by atoms with Crippen LogP contribution in [0.2, 0.25) is 0 Å². The molecule has 5 aromatic rings. The predicted octanol–water partition coefficient (Wildman–Crippen LogP) is 7.62. The number of hydrogen-bond donors (Lipinski definition) is 1. The van der Waals surface area contributed by atoms with Crippen LogP contribution in [0.4, 0.5) is 0 Å². The summed E-state index contributed by atoms with van der Waals surface area (Å²) in [5.41, 5.74) is 6.46. The van der Waals surface area contributed by atoms with Gasteiger partial charge in [0.2, 0.25) is 0 Å². The number of carbonyl (C=O) groups excluding carboxylic acids is 2.